The summed E-state index contributed by atoms with van der Waals surface area (Å²) >= 11 is 0. The third-order valence-corrected chi connectivity index (χ3v) is 3.86. The average molecular weight is 277 g/mol. The predicted molar refractivity (Wildman–Crippen MR) is 81.0 cm³/mol. The van der Waals surface area contributed by atoms with E-state index in [-0.39, 0.29) is 5.91 Å². The van der Waals surface area contributed by atoms with Gasteiger partial charge < -0.3 is 20.7 Å². The number of nitrogens with two attached hydrogens (primary N) is 1. The second kappa shape index (κ2) is 6.50. The number of benzene rings is 1. The number of nitrogens with one attached hydrogen (secondary N) is 1. The lowest BCUT2D eigenvalue weighted by atomic mass is 9.96. The summed E-state index contributed by atoms with van der Waals surface area (Å²) in [5.74, 6) is 1.33. The highest BCUT2D eigenvalue weighted by molar-refractivity contribution is 5.74. The number of methoxy groups -OCH3 is 1. The Morgan fingerprint density at radius 3 is 2.75 bits per heavy atom. The van der Waals surface area contributed by atoms with Gasteiger partial charge >= 0.3 is 0 Å². The van der Waals surface area contributed by atoms with E-state index in [2.05, 4.69) is 10.2 Å². The molecule has 1 heterocycles. The Bertz CT molecular complexity index is 468. The van der Waals surface area contributed by atoms with E-state index in [0.29, 0.717) is 11.6 Å². The second-order valence-corrected chi connectivity index (χ2v) is 5.26. The number of anilines is 2. The summed E-state index contributed by atoms with van der Waals surface area (Å²) in [5.41, 5.74) is 7.88. The van der Waals surface area contributed by atoms with Crippen LogP contribution in [-0.4, -0.2) is 32.7 Å². The van der Waals surface area contributed by atoms with Gasteiger partial charge in [0.05, 0.1) is 18.5 Å². The molecule has 20 heavy (non-hydrogen) atoms. The van der Waals surface area contributed by atoms with Crippen molar-refractivity contribution in [2.75, 3.05) is 37.4 Å². The predicted octanol–water partition coefficient (Wildman–Crippen LogP) is 1.63. The van der Waals surface area contributed by atoms with E-state index in [1.54, 1.807) is 14.0 Å². The molecular weight excluding hydrogens is 254 g/mol. The molecule has 0 bridgehead atoms. The van der Waals surface area contributed by atoms with Crippen molar-refractivity contribution in [2.24, 2.45) is 5.92 Å². The van der Waals surface area contributed by atoms with Gasteiger partial charge in [0.1, 0.15) is 5.75 Å². The summed E-state index contributed by atoms with van der Waals surface area (Å²) in [5, 5.41) is 2.90. The molecule has 0 atom stereocenters. The zero-order chi connectivity index (χ0) is 14.5. The summed E-state index contributed by atoms with van der Waals surface area (Å²) in [6, 6.07) is 5.88. The first-order valence-electron chi connectivity index (χ1n) is 7.03. The minimum Gasteiger partial charge on any atom is -0.495 e. The number of nitrogen functional groups attached to an aromatic ring is 1. The largest absolute Gasteiger partial charge is 0.495 e. The van der Waals surface area contributed by atoms with Gasteiger partial charge in [0.15, 0.2) is 0 Å². The van der Waals surface area contributed by atoms with Gasteiger partial charge in [-0.3, -0.25) is 4.79 Å². The molecule has 1 aliphatic heterocycles. The number of nitrogens with zero attached hydrogens (tertiary/aromatic N) is 1. The van der Waals surface area contributed by atoms with Crippen molar-refractivity contribution in [3.05, 3.63) is 18.2 Å². The molecule has 0 unspecified atom stereocenters. The molecular formula is C15H23N3O2. The van der Waals surface area contributed by atoms with E-state index in [0.717, 1.165) is 43.9 Å². The molecule has 5 nitrogen and oxygen atoms in total. The summed E-state index contributed by atoms with van der Waals surface area (Å²) in [4.78, 5) is 13.2. The highest BCUT2D eigenvalue weighted by Gasteiger charge is 2.21. The lowest BCUT2D eigenvalue weighted by molar-refractivity contribution is -0.119. The van der Waals surface area contributed by atoms with Crippen molar-refractivity contribution in [2.45, 2.75) is 19.8 Å². The molecule has 1 aliphatic rings. The van der Waals surface area contributed by atoms with E-state index < -0.39 is 0 Å². The molecule has 1 aromatic rings. The molecule has 3 N–H and O–H groups in total. The van der Waals surface area contributed by atoms with Crippen LogP contribution in [0.4, 0.5) is 11.4 Å². The number of para-hydroxylation sites is 1. The van der Waals surface area contributed by atoms with Crippen LogP contribution in [0.2, 0.25) is 0 Å². The maximum atomic E-state index is 10.9. The van der Waals surface area contributed by atoms with Gasteiger partial charge in [-0.25, -0.2) is 0 Å². The van der Waals surface area contributed by atoms with Crippen LogP contribution in [0, 0.1) is 5.92 Å². The Morgan fingerprint density at radius 2 is 2.15 bits per heavy atom. The fraction of sp³-hybridized carbons (Fsp3) is 0.533. The first-order chi connectivity index (χ1) is 9.61. The maximum Gasteiger partial charge on any atom is 0.216 e. The van der Waals surface area contributed by atoms with Crippen LogP contribution < -0.4 is 20.7 Å². The number of carbonyl (C=O) groups excluding carboxylic acids is 1. The third kappa shape index (κ3) is 3.35. The molecule has 1 amide bonds. The molecule has 0 radical (unpaired) electrons. The number of hydrogen-bond acceptors (Lipinski definition) is 4. The van der Waals surface area contributed by atoms with Gasteiger partial charge in [0.2, 0.25) is 5.91 Å². The third-order valence-electron chi connectivity index (χ3n) is 3.86. The lowest BCUT2D eigenvalue weighted by Crippen LogP contribution is -2.38. The van der Waals surface area contributed by atoms with Crippen LogP contribution in [0.5, 0.6) is 5.75 Å². The lowest BCUT2D eigenvalue weighted by Gasteiger charge is -2.34. The molecule has 0 saturated carbocycles. The van der Waals surface area contributed by atoms with Gasteiger partial charge in [-0.15, -0.1) is 0 Å². The highest BCUT2D eigenvalue weighted by Crippen LogP contribution is 2.34. The minimum absolute atomic E-state index is 0.0458. The van der Waals surface area contributed by atoms with E-state index in [1.807, 2.05) is 18.2 Å². The normalized spacial score (nSPS) is 16.0. The van der Waals surface area contributed by atoms with Crippen molar-refractivity contribution in [3.8, 4) is 5.75 Å². The van der Waals surface area contributed by atoms with E-state index >= 15 is 0 Å². The Hall–Kier alpha value is -1.91. The quantitative estimate of drug-likeness (QED) is 0.821. The number of piperidine rings is 1. The molecule has 5 heteroatoms. The number of ether oxygens (including phenoxy) is 1. The molecule has 0 aromatic heterocycles. The van der Waals surface area contributed by atoms with Crippen molar-refractivity contribution in [3.63, 3.8) is 0 Å². The number of amides is 1. The number of hydrogen-bond donors (Lipinski definition) is 2. The van der Waals surface area contributed by atoms with Crippen LogP contribution in [-0.2, 0) is 4.79 Å². The maximum absolute atomic E-state index is 10.9. The van der Waals surface area contributed by atoms with E-state index in [9.17, 15) is 4.79 Å². The standard InChI is InChI=1S/C15H23N3O2/c1-11(19)17-10-12-6-8-18(9-7-12)13-4-3-5-14(20-2)15(13)16/h3-5,12H,6-10,16H2,1-2H3,(H,17,19). The van der Waals surface area contributed by atoms with E-state index in [4.69, 9.17) is 10.5 Å². The van der Waals surface area contributed by atoms with E-state index in [1.165, 1.54) is 0 Å². The Kier molecular flexibility index (Phi) is 4.71. The average Bonchev–Trinajstić information content (AvgIpc) is 2.46. The molecule has 1 aromatic carbocycles. The summed E-state index contributed by atoms with van der Waals surface area (Å²) in [6.45, 7) is 4.26. The Labute approximate surface area is 120 Å². The smallest absolute Gasteiger partial charge is 0.216 e. The molecule has 0 aliphatic carbocycles. The van der Waals surface area contributed by atoms with Crippen LogP contribution >= 0.6 is 0 Å². The fourth-order valence-electron chi connectivity index (χ4n) is 2.65. The number of carbonyl (C=O) groups is 1. The zero-order valence-corrected chi connectivity index (χ0v) is 12.2. The Balaban J connectivity index is 1.95. The van der Waals surface area contributed by atoms with Gasteiger partial charge in [0, 0.05) is 26.6 Å². The van der Waals surface area contributed by atoms with Crippen molar-refractivity contribution in [1.29, 1.82) is 0 Å². The summed E-state index contributed by atoms with van der Waals surface area (Å²) in [7, 11) is 1.63. The first-order valence-corrected chi connectivity index (χ1v) is 7.03. The van der Waals surface area contributed by atoms with Gasteiger partial charge in [-0.2, -0.15) is 0 Å². The van der Waals surface area contributed by atoms with Crippen LogP contribution in [0.1, 0.15) is 19.8 Å². The summed E-state index contributed by atoms with van der Waals surface area (Å²) in [6.07, 6.45) is 2.13. The second-order valence-electron chi connectivity index (χ2n) is 5.26. The minimum atomic E-state index is 0.0458. The molecule has 110 valence electrons. The van der Waals surface area contributed by atoms with Crippen molar-refractivity contribution < 1.29 is 9.53 Å². The van der Waals surface area contributed by atoms with Gasteiger partial charge in [-0.05, 0) is 30.9 Å². The van der Waals surface area contributed by atoms with Crippen molar-refractivity contribution >= 4 is 17.3 Å². The van der Waals surface area contributed by atoms with Gasteiger partial charge in [0.25, 0.3) is 0 Å². The fourth-order valence-corrected chi connectivity index (χ4v) is 2.65. The Morgan fingerprint density at radius 1 is 1.45 bits per heavy atom. The molecule has 0 spiro atoms. The van der Waals surface area contributed by atoms with Gasteiger partial charge in [-0.1, -0.05) is 6.07 Å². The van der Waals surface area contributed by atoms with Crippen LogP contribution in [0.15, 0.2) is 18.2 Å². The topological polar surface area (TPSA) is 67.6 Å². The zero-order valence-electron chi connectivity index (χ0n) is 12.2. The highest BCUT2D eigenvalue weighted by atomic mass is 16.5. The molecule has 1 saturated heterocycles. The summed E-state index contributed by atoms with van der Waals surface area (Å²) < 4.78 is 5.26. The van der Waals surface area contributed by atoms with Crippen molar-refractivity contribution in [1.82, 2.24) is 5.32 Å². The first kappa shape index (κ1) is 14.5. The SMILES string of the molecule is COc1cccc(N2CCC(CNC(C)=O)CC2)c1N. The van der Waals surface area contributed by atoms with Crippen LogP contribution in [0.3, 0.4) is 0 Å². The molecule has 2 rings (SSSR count). The van der Waals surface area contributed by atoms with Crippen LogP contribution in [0.25, 0.3) is 0 Å². The monoisotopic (exact) mass is 277 g/mol. The number of rotatable bonds is 4. The molecule has 1 fully saturated rings.